The Balaban J connectivity index is 3.08. The SMILES string of the molecule is [CH2]C(C)c1cc(N)cc(N)c1. The molecule has 2 nitrogen and oxygen atoms in total. The Bertz CT molecular complexity index is 233. The zero-order valence-electron chi connectivity index (χ0n) is 6.67. The van der Waals surface area contributed by atoms with Gasteiger partial charge in [0.25, 0.3) is 0 Å². The van der Waals surface area contributed by atoms with Gasteiger partial charge in [0.05, 0.1) is 0 Å². The number of anilines is 2. The predicted octanol–water partition coefficient (Wildman–Crippen LogP) is 1.79. The second-order valence-corrected chi connectivity index (χ2v) is 2.83. The number of benzene rings is 1. The summed E-state index contributed by atoms with van der Waals surface area (Å²) in [4.78, 5) is 0. The van der Waals surface area contributed by atoms with Gasteiger partial charge in [-0.25, -0.2) is 0 Å². The molecule has 1 aromatic carbocycles. The highest BCUT2D eigenvalue weighted by Gasteiger charge is 2.00. The number of rotatable bonds is 1. The summed E-state index contributed by atoms with van der Waals surface area (Å²) in [5.41, 5.74) is 13.7. The quantitative estimate of drug-likeness (QED) is 0.598. The van der Waals surface area contributed by atoms with Crippen molar-refractivity contribution in [2.24, 2.45) is 0 Å². The fourth-order valence-electron chi connectivity index (χ4n) is 0.987. The second kappa shape index (κ2) is 2.82. The van der Waals surface area contributed by atoms with Gasteiger partial charge in [-0.3, -0.25) is 0 Å². The standard InChI is InChI=1S/C9H13N2/c1-6(2)7-3-8(10)5-9(11)4-7/h3-6H,1,10-11H2,2H3. The Kier molecular flexibility index (Phi) is 2.03. The third-order valence-corrected chi connectivity index (χ3v) is 1.57. The molecule has 1 radical (unpaired) electrons. The van der Waals surface area contributed by atoms with Crippen LogP contribution >= 0.6 is 0 Å². The van der Waals surface area contributed by atoms with Gasteiger partial charge >= 0.3 is 0 Å². The van der Waals surface area contributed by atoms with E-state index in [2.05, 4.69) is 6.92 Å². The van der Waals surface area contributed by atoms with Crippen LogP contribution < -0.4 is 11.5 Å². The maximum absolute atomic E-state index is 5.59. The molecule has 0 saturated heterocycles. The molecule has 4 N–H and O–H groups in total. The van der Waals surface area contributed by atoms with Gasteiger partial charge in [0.15, 0.2) is 0 Å². The summed E-state index contributed by atoms with van der Waals surface area (Å²) in [7, 11) is 0. The number of nitrogens with two attached hydrogens (primary N) is 2. The highest BCUT2D eigenvalue weighted by molar-refractivity contribution is 5.55. The number of nitrogen functional groups attached to an aromatic ring is 2. The monoisotopic (exact) mass is 149 g/mol. The van der Waals surface area contributed by atoms with Crippen LogP contribution in [-0.2, 0) is 0 Å². The summed E-state index contributed by atoms with van der Waals surface area (Å²) >= 11 is 0. The molecule has 0 aliphatic carbocycles. The molecule has 0 amide bonds. The van der Waals surface area contributed by atoms with Gasteiger partial charge in [0.1, 0.15) is 0 Å². The zero-order valence-corrected chi connectivity index (χ0v) is 6.67. The molecule has 1 aromatic rings. The maximum Gasteiger partial charge on any atom is 0.0337 e. The lowest BCUT2D eigenvalue weighted by Crippen LogP contribution is -1.95. The van der Waals surface area contributed by atoms with E-state index >= 15 is 0 Å². The van der Waals surface area contributed by atoms with Crippen LogP contribution in [0.5, 0.6) is 0 Å². The first kappa shape index (κ1) is 7.92. The molecule has 1 rings (SSSR count). The first-order chi connectivity index (χ1) is 5.09. The first-order valence-electron chi connectivity index (χ1n) is 3.58. The summed E-state index contributed by atoms with van der Waals surface area (Å²) in [6.45, 7) is 5.89. The van der Waals surface area contributed by atoms with Crippen LogP contribution in [0.2, 0.25) is 0 Å². The van der Waals surface area contributed by atoms with Crippen LogP contribution in [-0.4, -0.2) is 0 Å². The van der Waals surface area contributed by atoms with E-state index in [1.807, 2.05) is 19.1 Å². The molecule has 0 spiro atoms. The Morgan fingerprint density at radius 3 is 2.00 bits per heavy atom. The van der Waals surface area contributed by atoms with Gasteiger partial charge in [-0.1, -0.05) is 6.92 Å². The van der Waals surface area contributed by atoms with E-state index in [0.29, 0.717) is 11.4 Å². The maximum atomic E-state index is 5.59. The van der Waals surface area contributed by atoms with E-state index < -0.39 is 0 Å². The molecule has 0 bridgehead atoms. The average molecular weight is 149 g/mol. The van der Waals surface area contributed by atoms with E-state index in [1.54, 1.807) is 6.07 Å². The summed E-state index contributed by atoms with van der Waals surface area (Å²) in [6, 6.07) is 5.54. The number of hydrogen-bond donors (Lipinski definition) is 2. The van der Waals surface area contributed by atoms with Crippen molar-refractivity contribution in [3.8, 4) is 0 Å². The van der Waals surface area contributed by atoms with Crippen LogP contribution in [0.25, 0.3) is 0 Å². The van der Waals surface area contributed by atoms with E-state index in [0.717, 1.165) is 5.56 Å². The van der Waals surface area contributed by atoms with Gasteiger partial charge in [0.2, 0.25) is 0 Å². The van der Waals surface area contributed by atoms with Gasteiger partial charge in [-0.05, 0) is 36.6 Å². The average Bonchev–Trinajstić information content (AvgIpc) is 1.85. The van der Waals surface area contributed by atoms with Gasteiger partial charge in [-0.15, -0.1) is 0 Å². The van der Waals surface area contributed by atoms with E-state index in [1.165, 1.54) is 0 Å². The zero-order chi connectivity index (χ0) is 8.43. The van der Waals surface area contributed by atoms with Gasteiger partial charge in [-0.2, -0.15) is 0 Å². The lowest BCUT2D eigenvalue weighted by Gasteiger charge is -2.06. The minimum atomic E-state index is 0.237. The molecule has 0 fully saturated rings. The highest BCUT2D eigenvalue weighted by Crippen LogP contribution is 2.20. The Labute approximate surface area is 67.2 Å². The predicted molar refractivity (Wildman–Crippen MR) is 49.0 cm³/mol. The largest absolute Gasteiger partial charge is 0.399 e. The van der Waals surface area contributed by atoms with Crippen molar-refractivity contribution in [3.63, 3.8) is 0 Å². The normalized spacial score (nSPS) is 10.5. The summed E-state index contributed by atoms with van der Waals surface area (Å²) in [5, 5.41) is 0. The molecule has 0 aliphatic heterocycles. The summed E-state index contributed by atoms with van der Waals surface area (Å²) < 4.78 is 0. The molecular formula is C9H13N2. The third kappa shape index (κ3) is 1.87. The van der Waals surface area contributed by atoms with E-state index in [9.17, 15) is 0 Å². The Morgan fingerprint density at radius 1 is 1.18 bits per heavy atom. The van der Waals surface area contributed by atoms with E-state index in [-0.39, 0.29) is 5.92 Å². The highest BCUT2D eigenvalue weighted by atomic mass is 14.6. The number of hydrogen-bond acceptors (Lipinski definition) is 2. The van der Waals surface area contributed by atoms with Gasteiger partial charge < -0.3 is 11.5 Å². The molecule has 0 aromatic heterocycles. The van der Waals surface area contributed by atoms with Gasteiger partial charge in [0, 0.05) is 11.4 Å². The van der Waals surface area contributed by atoms with Crippen molar-refractivity contribution in [2.75, 3.05) is 11.5 Å². The molecule has 11 heavy (non-hydrogen) atoms. The summed E-state index contributed by atoms with van der Waals surface area (Å²) in [6.07, 6.45) is 0. The Morgan fingerprint density at radius 2 is 1.64 bits per heavy atom. The van der Waals surface area contributed by atoms with Crippen molar-refractivity contribution in [2.45, 2.75) is 12.8 Å². The molecule has 1 atom stereocenters. The fraction of sp³-hybridized carbons (Fsp3) is 0.222. The van der Waals surface area contributed by atoms with Crippen LogP contribution in [0.1, 0.15) is 18.4 Å². The topological polar surface area (TPSA) is 52.0 Å². The van der Waals surface area contributed by atoms with Crippen molar-refractivity contribution >= 4 is 11.4 Å². The Hall–Kier alpha value is -1.18. The fourth-order valence-corrected chi connectivity index (χ4v) is 0.987. The lowest BCUT2D eigenvalue weighted by molar-refractivity contribution is 0.966. The molecule has 0 heterocycles. The smallest absolute Gasteiger partial charge is 0.0337 e. The van der Waals surface area contributed by atoms with Crippen LogP contribution in [0.15, 0.2) is 18.2 Å². The van der Waals surface area contributed by atoms with Crippen LogP contribution in [0.3, 0.4) is 0 Å². The molecular weight excluding hydrogens is 136 g/mol. The minimum absolute atomic E-state index is 0.237. The first-order valence-corrected chi connectivity index (χ1v) is 3.58. The second-order valence-electron chi connectivity index (χ2n) is 2.83. The van der Waals surface area contributed by atoms with Crippen molar-refractivity contribution in [3.05, 3.63) is 30.7 Å². The summed E-state index contributed by atoms with van der Waals surface area (Å²) in [5.74, 6) is 0.237. The van der Waals surface area contributed by atoms with Crippen molar-refractivity contribution < 1.29 is 0 Å². The molecule has 1 unspecified atom stereocenters. The van der Waals surface area contributed by atoms with E-state index in [4.69, 9.17) is 11.5 Å². The molecule has 59 valence electrons. The third-order valence-electron chi connectivity index (χ3n) is 1.57. The van der Waals surface area contributed by atoms with Crippen LogP contribution in [0, 0.1) is 6.92 Å². The van der Waals surface area contributed by atoms with Crippen molar-refractivity contribution in [1.29, 1.82) is 0 Å². The molecule has 0 aliphatic rings. The lowest BCUT2D eigenvalue weighted by atomic mass is 10.0. The van der Waals surface area contributed by atoms with Crippen LogP contribution in [0.4, 0.5) is 11.4 Å². The molecule has 2 heteroatoms. The molecule has 0 saturated carbocycles. The minimum Gasteiger partial charge on any atom is -0.399 e. The van der Waals surface area contributed by atoms with Crippen molar-refractivity contribution in [1.82, 2.24) is 0 Å².